The molecule has 0 bridgehead atoms. The molecule has 0 spiro atoms. The molecule has 0 saturated carbocycles. The molecular formula is C18H23N3O2. The molecule has 23 heavy (non-hydrogen) atoms. The summed E-state index contributed by atoms with van der Waals surface area (Å²) in [5, 5.41) is 4.45. The number of anilines is 1. The average molecular weight is 313 g/mol. The van der Waals surface area contributed by atoms with Gasteiger partial charge in [-0.3, -0.25) is 9.48 Å². The van der Waals surface area contributed by atoms with E-state index in [1.54, 1.807) is 0 Å². The molecule has 1 fully saturated rings. The van der Waals surface area contributed by atoms with E-state index in [1.807, 2.05) is 36.0 Å². The van der Waals surface area contributed by atoms with Gasteiger partial charge in [0.2, 0.25) is 0 Å². The van der Waals surface area contributed by atoms with Crippen molar-refractivity contribution in [3.05, 3.63) is 48.3 Å². The number of piperidine rings is 1. The van der Waals surface area contributed by atoms with Gasteiger partial charge in [0.1, 0.15) is 0 Å². The first-order chi connectivity index (χ1) is 11.3. The molecule has 0 unspecified atom stereocenters. The number of carbonyl (C=O) groups is 1. The molecule has 1 aliphatic heterocycles. The van der Waals surface area contributed by atoms with Crippen molar-refractivity contribution in [1.29, 1.82) is 0 Å². The predicted octanol–water partition coefficient (Wildman–Crippen LogP) is 2.71. The second-order valence-corrected chi connectivity index (χ2v) is 5.90. The molecule has 5 heteroatoms. The Morgan fingerprint density at radius 3 is 2.70 bits per heavy atom. The molecule has 0 N–H and O–H groups in total. The smallest absolute Gasteiger partial charge is 0.309 e. The summed E-state index contributed by atoms with van der Waals surface area (Å²) < 4.78 is 7.08. The summed E-state index contributed by atoms with van der Waals surface area (Å²) in [5.41, 5.74) is 2.37. The van der Waals surface area contributed by atoms with Crippen LogP contribution >= 0.6 is 0 Å². The van der Waals surface area contributed by atoms with Gasteiger partial charge in [-0.1, -0.05) is 30.3 Å². The minimum Gasteiger partial charge on any atom is -0.466 e. The van der Waals surface area contributed by atoms with Crippen LogP contribution in [0.2, 0.25) is 0 Å². The summed E-state index contributed by atoms with van der Waals surface area (Å²) in [6.07, 6.45) is 5.69. The first-order valence-electron chi connectivity index (χ1n) is 8.24. The second kappa shape index (κ2) is 7.31. The molecule has 0 amide bonds. The van der Waals surface area contributed by atoms with Gasteiger partial charge in [-0.25, -0.2) is 0 Å². The molecule has 3 rings (SSSR count). The summed E-state index contributed by atoms with van der Waals surface area (Å²) >= 11 is 0. The SMILES string of the molecule is CCOC(=O)C1CCN(c2cnn(Cc3ccccc3)c2)CC1. The molecule has 1 saturated heterocycles. The van der Waals surface area contributed by atoms with E-state index in [2.05, 4.69) is 28.3 Å². The summed E-state index contributed by atoms with van der Waals surface area (Å²) in [4.78, 5) is 14.1. The van der Waals surface area contributed by atoms with Crippen LogP contribution in [0.3, 0.4) is 0 Å². The number of ether oxygens (including phenoxy) is 1. The second-order valence-electron chi connectivity index (χ2n) is 5.90. The molecule has 5 nitrogen and oxygen atoms in total. The number of esters is 1. The number of hydrogen-bond donors (Lipinski definition) is 0. The summed E-state index contributed by atoms with van der Waals surface area (Å²) in [6.45, 7) is 4.85. The number of benzene rings is 1. The molecule has 1 aromatic carbocycles. The van der Waals surface area contributed by atoms with Crippen LogP contribution in [0.5, 0.6) is 0 Å². The van der Waals surface area contributed by atoms with Gasteiger partial charge in [0.05, 0.1) is 31.0 Å². The molecule has 2 heterocycles. The molecule has 2 aromatic rings. The highest BCUT2D eigenvalue weighted by atomic mass is 16.5. The van der Waals surface area contributed by atoms with E-state index >= 15 is 0 Å². The number of aromatic nitrogens is 2. The first kappa shape index (κ1) is 15.6. The fourth-order valence-electron chi connectivity index (χ4n) is 3.01. The highest BCUT2D eigenvalue weighted by Crippen LogP contribution is 2.24. The fourth-order valence-corrected chi connectivity index (χ4v) is 3.01. The highest BCUT2D eigenvalue weighted by molar-refractivity contribution is 5.72. The van der Waals surface area contributed by atoms with Gasteiger partial charge in [-0.05, 0) is 25.3 Å². The van der Waals surface area contributed by atoms with Crippen LogP contribution < -0.4 is 4.90 Å². The van der Waals surface area contributed by atoms with Crippen molar-refractivity contribution in [3.63, 3.8) is 0 Å². The quantitative estimate of drug-likeness (QED) is 0.796. The van der Waals surface area contributed by atoms with E-state index in [9.17, 15) is 4.79 Å². The zero-order valence-corrected chi connectivity index (χ0v) is 13.5. The molecule has 0 atom stereocenters. The molecule has 122 valence electrons. The van der Waals surface area contributed by atoms with E-state index < -0.39 is 0 Å². The Bertz CT molecular complexity index is 631. The lowest BCUT2D eigenvalue weighted by Crippen LogP contribution is -2.36. The average Bonchev–Trinajstić information content (AvgIpc) is 3.05. The third-order valence-corrected chi connectivity index (χ3v) is 4.29. The summed E-state index contributed by atoms with van der Waals surface area (Å²) in [5.74, 6) is -0.00233. The maximum atomic E-state index is 11.8. The third kappa shape index (κ3) is 3.92. The van der Waals surface area contributed by atoms with Crippen molar-refractivity contribution in [3.8, 4) is 0 Å². The third-order valence-electron chi connectivity index (χ3n) is 4.29. The minimum atomic E-state index is -0.0491. The first-order valence-corrected chi connectivity index (χ1v) is 8.24. The zero-order chi connectivity index (χ0) is 16.1. The van der Waals surface area contributed by atoms with E-state index in [0.717, 1.165) is 38.2 Å². The van der Waals surface area contributed by atoms with Gasteiger partial charge in [-0.2, -0.15) is 5.10 Å². The standard InChI is InChI=1S/C18H23N3O2/c1-2-23-18(22)16-8-10-20(11-9-16)17-12-19-21(14-17)13-15-6-4-3-5-7-15/h3-7,12,14,16H,2,8-11,13H2,1H3. The van der Waals surface area contributed by atoms with Crippen LogP contribution in [0.1, 0.15) is 25.3 Å². The lowest BCUT2D eigenvalue weighted by molar-refractivity contribution is -0.148. The Hall–Kier alpha value is -2.30. The highest BCUT2D eigenvalue weighted by Gasteiger charge is 2.26. The summed E-state index contributed by atoms with van der Waals surface area (Å²) in [6, 6.07) is 10.3. The molecular weight excluding hydrogens is 290 g/mol. The van der Waals surface area contributed by atoms with Gasteiger partial charge in [0, 0.05) is 19.3 Å². The predicted molar refractivity (Wildman–Crippen MR) is 89.3 cm³/mol. The zero-order valence-electron chi connectivity index (χ0n) is 13.5. The Labute approximate surface area is 136 Å². The van der Waals surface area contributed by atoms with Gasteiger partial charge >= 0.3 is 5.97 Å². The summed E-state index contributed by atoms with van der Waals surface area (Å²) in [7, 11) is 0. The topological polar surface area (TPSA) is 47.4 Å². The molecule has 0 radical (unpaired) electrons. The van der Waals surface area contributed by atoms with Crippen LogP contribution in [0, 0.1) is 5.92 Å². The van der Waals surface area contributed by atoms with Crippen molar-refractivity contribution < 1.29 is 9.53 Å². The van der Waals surface area contributed by atoms with E-state index in [1.165, 1.54) is 5.56 Å². The maximum Gasteiger partial charge on any atom is 0.309 e. The maximum absolute atomic E-state index is 11.8. The van der Waals surface area contributed by atoms with Crippen LogP contribution in [-0.4, -0.2) is 35.4 Å². The normalized spacial score (nSPS) is 15.6. The van der Waals surface area contributed by atoms with Crippen LogP contribution in [0.4, 0.5) is 5.69 Å². The van der Waals surface area contributed by atoms with Gasteiger partial charge in [0.25, 0.3) is 0 Å². The van der Waals surface area contributed by atoms with Gasteiger partial charge in [-0.15, -0.1) is 0 Å². The minimum absolute atomic E-state index is 0.0468. The van der Waals surface area contributed by atoms with Crippen LogP contribution in [0.15, 0.2) is 42.7 Å². The monoisotopic (exact) mass is 313 g/mol. The van der Waals surface area contributed by atoms with Gasteiger partial charge < -0.3 is 9.64 Å². The van der Waals surface area contributed by atoms with Crippen LogP contribution in [-0.2, 0) is 16.1 Å². The van der Waals surface area contributed by atoms with E-state index in [0.29, 0.717) is 6.61 Å². The lowest BCUT2D eigenvalue weighted by Gasteiger charge is -2.31. The van der Waals surface area contributed by atoms with E-state index in [-0.39, 0.29) is 11.9 Å². The van der Waals surface area contributed by atoms with E-state index in [4.69, 9.17) is 4.74 Å². The number of rotatable bonds is 5. The fraction of sp³-hybridized carbons (Fsp3) is 0.444. The van der Waals surface area contributed by atoms with Gasteiger partial charge in [0.15, 0.2) is 0 Å². The van der Waals surface area contributed by atoms with Crippen molar-refractivity contribution in [2.45, 2.75) is 26.3 Å². The Kier molecular flexibility index (Phi) is 4.95. The molecule has 1 aromatic heterocycles. The number of hydrogen-bond acceptors (Lipinski definition) is 4. The molecule has 0 aliphatic carbocycles. The Morgan fingerprint density at radius 2 is 2.00 bits per heavy atom. The number of nitrogens with zero attached hydrogens (tertiary/aromatic N) is 3. The largest absolute Gasteiger partial charge is 0.466 e. The van der Waals surface area contributed by atoms with Crippen molar-refractivity contribution in [2.75, 3.05) is 24.6 Å². The molecule has 1 aliphatic rings. The Balaban J connectivity index is 1.56. The van der Waals surface area contributed by atoms with Crippen molar-refractivity contribution >= 4 is 11.7 Å². The van der Waals surface area contributed by atoms with Crippen molar-refractivity contribution in [1.82, 2.24) is 9.78 Å². The Morgan fingerprint density at radius 1 is 1.26 bits per heavy atom. The number of carbonyl (C=O) groups excluding carboxylic acids is 1. The van der Waals surface area contributed by atoms with Crippen molar-refractivity contribution in [2.24, 2.45) is 5.92 Å². The van der Waals surface area contributed by atoms with Crippen LogP contribution in [0.25, 0.3) is 0 Å². The lowest BCUT2D eigenvalue weighted by atomic mass is 9.97.